The van der Waals surface area contributed by atoms with Gasteiger partial charge >= 0.3 is 11.9 Å². The standard InChI is InChI=1S/C16H22N2O7/c1-3-24-13(22)15(11(17)20)6-5-7-16(14(23)25-4-2)9(15)8-10(19)18-12(16)21/h9H,3-8H2,1-2H3,(H2,17,20)(H,18,19,21)/t9-,15-,16+/m1/s1. The first kappa shape index (κ1) is 18.9. The van der Waals surface area contributed by atoms with E-state index in [2.05, 4.69) is 5.32 Å². The second-order valence-corrected chi connectivity index (χ2v) is 6.24. The number of ether oxygens (including phenoxy) is 2. The van der Waals surface area contributed by atoms with Crippen LogP contribution in [-0.2, 0) is 33.4 Å². The van der Waals surface area contributed by atoms with Crippen LogP contribution in [-0.4, -0.2) is 42.9 Å². The summed E-state index contributed by atoms with van der Waals surface area (Å²) >= 11 is 0. The van der Waals surface area contributed by atoms with E-state index in [9.17, 15) is 24.0 Å². The Balaban J connectivity index is 2.65. The van der Waals surface area contributed by atoms with Gasteiger partial charge in [0.15, 0.2) is 10.8 Å². The van der Waals surface area contributed by atoms with Crippen LogP contribution in [0, 0.1) is 16.7 Å². The Hall–Kier alpha value is -2.45. The normalized spacial score (nSPS) is 31.5. The number of rotatable bonds is 5. The molecule has 3 atom stereocenters. The summed E-state index contributed by atoms with van der Waals surface area (Å²) in [5.41, 5.74) is 1.79. The smallest absolute Gasteiger partial charge is 0.322 e. The number of imide groups is 1. The summed E-state index contributed by atoms with van der Waals surface area (Å²) in [5, 5.41) is 2.12. The molecule has 9 heteroatoms. The van der Waals surface area contributed by atoms with Crippen molar-refractivity contribution in [3.63, 3.8) is 0 Å². The molecule has 138 valence electrons. The lowest BCUT2D eigenvalue weighted by Gasteiger charge is -2.50. The molecule has 3 amide bonds. The van der Waals surface area contributed by atoms with Gasteiger partial charge in [-0.15, -0.1) is 0 Å². The van der Waals surface area contributed by atoms with Crippen molar-refractivity contribution in [2.24, 2.45) is 22.5 Å². The Morgan fingerprint density at radius 2 is 1.72 bits per heavy atom. The first-order valence-electron chi connectivity index (χ1n) is 8.26. The van der Waals surface area contributed by atoms with Crippen molar-refractivity contribution >= 4 is 29.7 Å². The number of primary amides is 1. The van der Waals surface area contributed by atoms with Gasteiger partial charge in [0.25, 0.3) is 0 Å². The third-order valence-electron chi connectivity index (χ3n) is 5.10. The van der Waals surface area contributed by atoms with Crippen molar-refractivity contribution in [1.29, 1.82) is 0 Å². The molecule has 1 aliphatic carbocycles. The van der Waals surface area contributed by atoms with Gasteiger partial charge in [-0.2, -0.15) is 0 Å². The zero-order chi connectivity index (χ0) is 18.8. The summed E-state index contributed by atoms with van der Waals surface area (Å²) in [5.74, 6) is -5.55. The van der Waals surface area contributed by atoms with Gasteiger partial charge in [-0.25, -0.2) is 0 Å². The summed E-state index contributed by atoms with van der Waals surface area (Å²) in [4.78, 5) is 62.2. The molecule has 0 bridgehead atoms. The van der Waals surface area contributed by atoms with Gasteiger partial charge in [0.1, 0.15) is 0 Å². The molecule has 0 spiro atoms. The first-order chi connectivity index (χ1) is 11.8. The number of carbonyl (C=O) groups is 5. The molecule has 0 aromatic heterocycles. The number of fused-ring (bicyclic) bond motifs is 1. The molecule has 1 saturated heterocycles. The number of nitrogens with two attached hydrogens (primary N) is 1. The maximum absolute atomic E-state index is 12.7. The predicted molar refractivity (Wildman–Crippen MR) is 82.4 cm³/mol. The van der Waals surface area contributed by atoms with Gasteiger partial charge in [0.05, 0.1) is 13.2 Å². The van der Waals surface area contributed by atoms with Crippen LogP contribution in [0.5, 0.6) is 0 Å². The molecule has 0 aromatic carbocycles. The van der Waals surface area contributed by atoms with Crippen molar-refractivity contribution in [1.82, 2.24) is 5.32 Å². The quantitative estimate of drug-likeness (QED) is 0.382. The maximum Gasteiger partial charge on any atom is 0.322 e. The number of carbonyl (C=O) groups excluding carboxylic acids is 5. The van der Waals surface area contributed by atoms with Crippen LogP contribution in [0.25, 0.3) is 0 Å². The van der Waals surface area contributed by atoms with Crippen LogP contribution in [0.3, 0.4) is 0 Å². The molecule has 2 aliphatic rings. The van der Waals surface area contributed by atoms with Crippen molar-refractivity contribution in [3.8, 4) is 0 Å². The highest BCUT2D eigenvalue weighted by Crippen LogP contribution is 2.55. The number of nitrogens with one attached hydrogen (secondary N) is 1. The number of hydrogen-bond donors (Lipinski definition) is 2. The fourth-order valence-corrected chi connectivity index (χ4v) is 4.01. The van der Waals surface area contributed by atoms with Crippen LogP contribution in [0.15, 0.2) is 0 Å². The van der Waals surface area contributed by atoms with Crippen molar-refractivity contribution < 1.29 is 33.4 Å². The zero-order valence-electron chi connectivity index (χ0n) is 14.3. The van der Waals surface area contributed by atoms with E-state index >= 15 is 0 Å². The summed E-state index contributed by atoms with van der Waals surface area (Å²) in [6.07, 6.45) is -0.0947. The molecule has 1 saturated carbocycles. The molecule has 1 heterocycles. The SMILES string of the molecule is CCOC(=O)[C@@]12CCC[C@@](C(N)=O)(C(=O)OCC)[C@H]1CC(=O)NC2=O. The van der Waals surface area contributed by atoms with Gasteiger partial charge in [0, 0.05) is 12.3 Å². The van der Waals surface area contributed by atoms with E-state index in [1.807, 2.05) is 0 Å². The second-order valence-electron chi connectivity index (χ2n) is 6.24. The Labute approximate surface area is 144 Å². The number of esters is 2. The third kappa shape index (κ3) is 2.67. The van der Waals surface area contributed by atoms with Crippen LogP contribution >= 0.6 is 0 Å². The highest BCUT2D eigenvalue weighted by atomic mass is 16.5. The number of amides is 3. The first-order valence-corrected chi connectivity index (χ1v) is 8.26. The van der Waals surface area contributed by atoms with E-state index in [0.717, 1.165) is 0 Å². The number of piperidine rings is 1. The Bertz CT molecular complexity index is 606. The average Bonchev–Trinajstić information content (AvgIpc) is 2.54. The zero-order valence-corrected chi connectivity index (χ0v) is 14.3. The van der Waals surface area contributed by atoms with Crippen molar-refractivity contribution in [2.75, 3.05) is 13.2 Å². The highest BCUT2D eigenvalue weighted by Gasteiger charge is 2.69. The fourth-order valence-electron chi connectivity index (χ4n) is 4.01. The van der Waals surface area contributed by atoms with Crippen molar-refractivity contribution in [3.05, 3.63) is 0 Å². The largest absolute Gasteiger partial charge is 0.465 e. The Morgan fingerprint density at radius 3 is 2.28 bits per heavy atom. The van der Waals surface area contributed by atoms with E-state index in [-0.39, 0.29) is 38.9 Å². The fraction of sp³-hybridized carbons (Fsp3) is 0.688. The van der Waals surface area contributed by atoms with Crippen molar-refractivity contribution in [2.45, 2.75) is 39.5 Å². The van der Waals surface area contributed by atoms with Crippen LogP contribution in [0.2, 0.25) is 0 Å². The predicted octanol–water partition coefficient (Wildman–Crippen LogP) is -0.583. The highest BCUT2D eigenvalue weighted by molar-refractivity contribution is 6.14. The summed E-state index contributed by atoms with van der Waals surface area (Å²) in [7, 11) is 0. The van der Waals surface area contributed by atoms with Gasteiger partial charge in [-0.05, 0) is 26.7 Å². The Kier molecular flexibility index (Phi) is 5.15. The summed E-state index contributed by atoms with van der Waals surface area (Å²) in [6, 6.07) is 0. The molecule has 0 radical (unpaired) electrons. The van der Waals surface area contributed by atoms with E-state index in [1.54, 1.807) is 13.8 Å². The molecular formula is C16H22N2O7. The molecule has 1 aliphatic heterocycles. The molecule has 2 fully saturated rings. The van der Waals surface area contributed by atoms with Crippen LogP contribution in [0.4, 0.5) is 0 Å². The lowest BCUT2D eigenvalue weighted by atomic mass is 9.51. The molecule has 9 nitrogen and oxygen atoms in total. The molecular weight excluding hydrogens is 332 g/mol. The average molecular weight is 354 g/mol. The molecule has 25 heavy (non-hydrogen) atoms. The minimum absolute atomic E-state index is 0.00681. The molecule has 3 N–H and O–H groups in total. The Morgan fingerprint density at radius 1 is 1.12 bits per heavy atom. The minimum atomic E-state index is -1.92. The van der Waals surface area contributed by atoms with E-state index in [0.29, 0.717) is 0 Å². The second kappa shape index (κ2) is 6.81. The lowest BCUT2D eigenvalue weighted by Crippen LogP contribution is -2.68. The third-order valence-corrected chi connectivity index (χ3v) is 5.10. The molecule has 0 unspecified atom stereocenters. The van der Waals surface area contributed by atoms with Gasteiger partial charge < -0.3 is 15.2 Å². The lowest BCUT2D eigenvalue weighted by molar-refractivity contribution is -0.188. The minimum Gasteiger partial charge on any atom is -0.465 e. The van der Waals surface area contributed by atoms with E-state index < -0.39 is 46.4 Å². The van der Waals surface area contributed by atoms with Gasteiger partial charge in [-0.3, -0.25) is 29.3 Å². The van der Waals surface area contributed by atoms with Gasteiger partial charge in [-0.1, -0.05) is 6.42 Å². The summed E-state index contributed by atoms with van der Waals surface area (Å²) < 4.78 is 10.1. The topological polar surface area (TPSA) is 142 Å². The van der Waals surface area contributed by atoms with E-state index in [1.165, 1.54) is 0 Å². The van der Waals surface area contributed by atoms with Crippen LogP contribution < -0.4 is 11.1 Å². The van der Waals surface area contributed by atoms with E-state index in [4.69, 9.17) is 15.2 Å². The number of hydrogen-bond acceptors (Lipinski definition) is 7. The molecule has 2 rings (SSSR count). The molecule has 0 aromatic rings. The maximum atomic E-state index is 12.7. The van der Waals surface area contributed by atoms with Gasteiger partial charge in [0.2, 0.25) is 17.7 Å². The summed E-state index contributed by atoms with van der Waals surface area (Å²) in [6.45, 7) is 3.14. The van der Waals surface area contributed by atoms with Crippen LogP contribution in [0.1, 0.15) is 39.5 Å². The monoisotopic (exact) mass is 354 g/mol.